The molecule has 0 saturated carbocycles. The van der Waals surface area contributed by atoms with Crippen LogP contribution < -0.4 is 5.43 Å². The fourth-order valence-electron chi connectivity index (χ4n) is 2.17. The summed E-state index contributed by atoms with van der Waals surface area (Å²) in [7, 11) is 0. The molecule has 1 aromatic heterocycles. The average molecular weight is 380 g/mol. The number of benzene rings is 2. The van der Waals surface area contributed by atoms with Crippen LogP contribution in [0.25, 0.3) is 0 Å². The van der Waals surface area contributed by atoms with E-state index in [2.05, 4.69) is 31.4 Å². The molecule has 0 spiro atoms. The van der Waals surface area contributed by atoms with Gasteiger partial charge in [0, 0.05) is 33.6 Å². The summed E-state index contributed by atoms with van der Waals surface area (Å²) in [5, 5.41) is 4.33. The molecule has 0 unspecified atom stereocenters. The van der Waals surface area contributed by atoms with Crippen LogP contribution in [0, 0.1) is 0 Å². The fourth-order valence-corrected chi connectivity index (χ4v) is 2.43. The zero-order chi connectivity index (χ0) is 16.8. The molecular formula is C19H14BrN3O. The number of hydrogen-bond acceptors (Lipinski definition) is 3. The van der Waals surface area contributed by atoms with Crippen LogP contribution in [-0.2, 0) is 0 Å². The van der Waals surface area contributed by atoms with E-state index >= 15 is 0 Å². The highest BCUT2D eigenvalue weighted by Gasteiger charge is 2.09. The molecule has 4 nitrogen and oxygen atoms in total. The maximum atomic E-state index is 12.3. The molecule has 1 N–H and O–H groups in total. The molecule has 0 aliphatic rings. The van der Waals surface area contributed by atoms with E-state index in [1.165, 1.54) is 0 Å². The summed E-state index contributed by atoms with van der Waals surface area (Å²) in [6, 6.07) is 20.5. The highest BCUT2D eigenvalue weighted by Crippen LogP contribution is 2.12. The van der Waals surface area contributed by atoms with Gasteiger partial charge in [-0.2, -0.15) is 5.10 Å². The van der Waals surface area contributed by atoms with Crippen LogP contribution in [0.1, 0.15) is 21.5 Å². The molecule has 5 heteroatoms. The van der Waals surface area contributed by atoms with Crippen LogP contribution in [0.4, 0.5) is 0 Å². The molecule has 0 aliphatic heterocycles. The molecule has 1 heterocycles. The van der Waals surface area contributed by atoms with E-state index in [0.717, 1.165) is 15.6 Å². The first-order valence-electron chi connectivity index (χ1n) is 7.33. The third-order valence-electron chi connectivity index (χ3n) is 3.36. The van der Waals surface area contributed by atoms with E-state index in [0.29, 0.717) is 11.3 Å². The van der Waals surface area contributed by atoms with E-state index in [1.54, 1.807) is 24.5 Å². The quantitative estimate of drug-likeness (QED) is 0.549. The van der Waals surface area contributed by atoms with Crippen LogP contribution in [0.5, 0.6) is 0 Å². The highest BCUT2D eigenvalue weighted by molar-refractivity contribution is 9.10. The minimum atomic E-state index is -0.264. The van der Waals surface area contributed by atoms with Crippen molar-refractivity contribution in [3.8, 4) is 0 Å². The van der Waals surface area contributed by atoms with E-state index < -0.39 is 0 Å². The first-order chi connectivity index (χ1) is 11.7. The van der Waals surface area contributed by atoms with Crippen LogP contribution in [0.3, 0.4) is 0 Å². The molecule has 118 valence electrons. The predicted octanol–water partition coefficient (Wildman–Crippen LogP) is 4.03. The van der Waals surface area contributed by atoms with Crippen molar-refractivity contribution in [3.63, 3.8) is 0 Å². The first kappa shape index (κ1) is 16.1. The van der Waals surface area contributed by atoms with Crippen molar-refractivity contribution in [2.24, 2.45) is 5.10 Å². The lowest BCUT2D eigenvalue weighted by Gasteiger charge is -2.07. The monoisotopic (exact) mass is 379 g/mol. The van der Waals surface area contributed by atoms with E-state index in [-0.39, 0.29) is 5.91 Å². The third kappa shape index (κ3) is 3.94. The molecule has 3 rings (SSSR count). The second-order valence-electron chi connectivity index (χ2n) is 5.02. The number of aromatic nitrogens is 1. The zero-order valence-corrected chi connectivity index (χ0v) is 14.3. The Hall–Kier alpha value is -2.79. The largest absolute Gasteiger partial charge is 0.271 e. The molecule has 0 atom stereocenters. The number of carbonyl (C=O) groups excluding carboxylic acids is 1. The van der Waals surface area contributed by atoms with Gasteiger partial charge in [0.05, 0.1) is 5.71 Å². The number of nitrogens with one attached hydrogen (secondary N) is 1. The van der Waals surface area contributed by atoms with Crippen molar-refractivity contribution in [3.05, 3.63) is 100 Å². The molecule has 0 radical (unpaired) electrons. The summed E-state index contributed by atoms with van der Waals surface area (Å²) < 4.78 is 0.919. The molecular weight excluding hydrogens is 366 g/mol. The van der Waals surface area contributed by atoms with Crippen molar-refractivity contribution in [2.75, 3.05) is 0 Å². The maximum Gasteiger partial charge on any atom is 0.271 e. The Balaban J connectivity index is 1.90. The van der Waals surface area contributed by atoms with E-state index in [1.807, 2.05) is 54.6 Å². The SMILES string of the molecule is O=C(N/N=C(\c1ccccc1)c1cccnc1)c1ccc(Br)cc1. The molecule has 1 amide bonds. The Morgan fingerprint density at radius 3 is 2.25 bits per heavy atom. The van der Waals surface area contributed by atoms with Crippen molar-refractivity contribution >= 4 is 27.5 Å². The van der Waals surface area contributed by atoms with Gasteiger partial charge in [0.25, 0.3) is 5.91 Å². The Kier molecular flexibility index (Phi) is 5.13. The van der Waals surface area contributed by atoms with Crippen molar-refractivity contribution in [1.82, 2.24) is 10.4 Å². The summed E-state index contributed by atoms with van der Waals surface area (Å²) in [5.41, 5.74) is 5.56. The van der Waals surface area contributed by atoms with Gasteiger partial charge in [-0.05, 0) is 36.4 Å². The molecule has 24 heavy (non-hydrogen) atoms. The minimum Gasteiger partial charge on any atom is -0.267 e. The summed E-state index contributed by atoms with van der Waals surface area (Å²) in [5.74, 6) is -0.264. The molecule has 3 aromatic rings. The molecule has 0 bridgehead atoms. The maximum absolute atomic E-state index is 12.3. The molecule has 0 fully saturated rings. The normalized spacial score (nSPS) is 11.1. The van der Waals surface area contributed by atoms with Gasteiger partial charge in [-0.15, -0.1) is 0 Å². The number of carbonyl (C=O) groups is 1. The number of nitrogens with zero attached hydrogens (tertiary/aromatic N) is 2. The second-order valence-corrected chi connectivity index (χ2v) is 5.93. The lowest BCUT2D eigenvalue weighted by atomic mass is 10.0. The Labute approximate surface area is 148 Å². The number of halogens is 1. The number of hydrogen-bond donors (Lipinski definition) is 1. The van der Waals surface area contributed by atoms with Gasteiger partial charge in [-0.25, -0.2) is 5.43 Å². The van der Waals surface area contributed by atoms with Gasteiger partial charge >= 0.3 is 0 Å². The van der Waals surface area contributed by atoms with Gasteiger partial charge < -0.3 is 0 Å². The Bertz CT molecular complexity index is 805. The summed E-state index contributed by atoms with van der Waals surface area (Å²) in [6.45, 7) is 0. The van der Waals surface area contributed by atoms with Crippen LogP contribution in [0.2, 0.25) is 0 Å². The molecule has 2 aromatic carbocycles. The molecule has 0 aliphatic carbocycles. The first-order valence-corrected chi connectivity index (χ1v) is 8.13. The van der Waals surface area contributed by atoms with Crippen molar-refractivity contribution in [2.45, 2.75) is 0 Å². The summed E-state index contributed by atoms with van der Waals surface area (Å²) >= 11 is 3.35. The van der Waals surface area contributed by atoms with Crippen LogP contribution >= 0.6 is 15.9 Å². The number of pyridine rings is 1. The molecule has 0 saturated heterocycles. The minimum absolute atomic E-state index is 0.264. The lowest BCUT2D eigenvalue weighted by Crippen LogP contribution is -2.20. The van der Waals surface area contributed by atoms with Gasteiger partial charge in [0.1, 0.15) is 0 Å². The van der Waals surface area contributed by atoms with Gasteiger partial charge in [0.2, 0.25) is 0 Å². The van der Waals surface area contributed by atoms with Crippen molar-refractivity contribution < 1.29 is 4.79 Å². The number of rotatable bonds is 4. The zero-order valence-electron chi connectivity index (χ0n) is 12.7. The fraction of sp³-hybridized carbons (Fsp3) is 0. The Morgan fingerprint density at radius 2 is 1.58 bits per heavy atom. The summed E-state index contributed by atoms with van der Waals surface area (Å²) in [4.78, 5) is 16.4. The second kappa shape index (κ2) is 7.66. The average Bonchev–Trinajstić information content (AvgIpc) is 2.64. The number of hydrazone groups is 1. The van der Waals surface area contributed by atoms with Crippen LogP contribution in [0.15, 0.2) is 88.7 Å². The van der Waals surface area contributed by atoms with E-state index in [9.17, 15) is 4.79 Å². The van der Waals surface area contributed by atoms with Crippen molar-refractivity contribution in [1.29, 1.82) is 0 Å². The third-order valence-corrected chi connectivity index (χ3v) is 3.89. The van der Waals surface area contributed by atoms with Gasteiger partial charge in [0.15, 0.2) is 0 Å². The van der Waals surface area contributed by atoms with E-state index in [4.69, 9.17) is 0 Å². The Morgan fingerprint density at radius 1 is 0.875 bits per heavy atom. The standard InChI is InChI=1S/C19H14BrN3O/c20-17-10-8-15(9-11-17)19(24)23-22-18(14-5-2-1-3-6-14)16-7-4-12-21-13-16/h1-13H,(H,23,24)/b22-18+. The number of amides is 1. The van der Waals surface area contributed by atoms with Gasteiger partial charge in [-0.3, -0.25) is 9.78 Å². The topological polar surface area (TPSA) is 54.4 Å². The van der Waals surface area contributed by atoms with Crippen LogP contribution in [-0.4, -0.2) is 16.6 Å². The lowest BCUT2D eigenvalue weighted by molar-refractivity contribution is 0.0955. The smallest absolute Gasteiger partial charge is 0.267 e. The highest BCUT2D eigenvalue weighted by atomic mass is 79.9. The summed E-state index contributed by atoms with van der Waals surface area (Å²) in [6.07, 6.45) is 3.42. The predicted molar refractivity (Wildman–Crippen MR) is 97.9 cm³/mol. The van der Waals surface area contributed by atoms with Gasteiger partial charge in [-0.1, -0.05) is 46.3 Å².